The Balaban J connectivity index is 1.91. The number of methoxy groups -OCH3 is 1. The standard InChI is InChI=1S/C17H25NO3/c1-17(2,3)21-16(19)18-11-12-8-9-13-6-5-7-15(20-4)14(13)10-12/h5-7,12H,8-11H2,1-4H3,(H,18,19). The largest absolute Gasteiger partial charge is 0.496 e. The molecule has 0 saturated heterocycles. The van der Waals surface area contributed by atoms with Crippen molar-refractivity contribution in [2.75, 3.05) is 13.7 Å². The summed E-state index contributed by atoms with van der Waals surface area (Å²) in [5, 5.41) is 2.88. The molecule has 0 fully saturated rings. The van der Waals surface area contributed by atoms with Gasteiger partial charge in [-0.1, -0.05) is 12.1 Å². The summed E-state index contributed by atoms with van der Waals surface area (Å²) in [6, 6.07) is 6.20. The second kappa shape index (κ2) is 6.37. The van der Waals surface area contributed by atoms with Crippen LogP contribution in [-0.2, 0) is 17.6 Å². The number of carbonyl (C=O) groups is 1. The summed E-state index contributed by atoms with van der Waals surface area (Å²) in [6.07, 6.45) is 2.71. The predicted molar refractivity (Wildman–Crippen MR) is 82.7 cm³/mol. The molecule has 1 amide bonds. The number of hydrogen-bond acceptors (Lipinski definition) is 3. The van der Waals surface area contributed by atoms with Gasteiger partial charge < -0.3 is 14.8 Å². The molecule has 0 radical (unpaired) electrons. The highest BCUT2D eigenvalue weighted by Crippen LogP contribution is 2.31. The molecule has 2 rings (SSSR count). The van der Waals surface area contributed by atoms with Gasteiger partial charge in [-0.3, -0.25) is 0 Å². The first-order valence-electron chi connectivity index (χ1n) is 7.50. The summed E-state index contributed by atoms with van der Waals surface area (Å²) >= 11 is 0. The van der Waals surface area contributed by atoms with Crippen molar-refractivity contribution in [1.82, 2.24) is 5.32 Å². The summed E-state index contributed by atoms with van der Waals surface area (Å²) < 4.78 is 10.7. The highest BCUT2D eigenvalue weighted by molar-refractivity contribution is 5.67. The van der Waals surface area contributed by atoms with Crippen molar-refractivity contribution in [2.24, 2.45) is 5.92 Å². The SMILES string of the molecule is COc1cccc2c1CC(CNC(=O)OC(C)(C)C)CC2. The molecule has 0 heterocycles. The second-order valence-corrected chi connectivity index (χ2v) is 6.59. The van der Waals surface area contributed by atoms with Crippen LogP contribution in [0.25, 0.3) is 0 Å². The molecule has 1 aliphatic rings. The van der Waals surface area contributed by atoms with Gasteiger partial charge in [0.05, 0.1) is 7.11 Å². The van der Waals surface area contributed by atoms with E-state index in [2.05, 4.69) is 11.4 Å². The quantitative estimate of drug-likeness (QED) is 0.929. The first kappa shape index (κ1) is 15.7. The van der Waals surface area contributed by atoms with Crippen molar-refractivity contribution >= 4 is 6.09 Å². The third-order valence-corrected chi connectivity index (χ3v) is 3.70. The van der Waals surface area contributed by atoms with E-state index in [1.165, 1.54) is 11.1 Å². The van der Waals surface area contributed by atoms with E-state index in [4.69, 9.17) is 9.47 Å². The molecule has 1 aromatic rings. The average Bonchev–Trinajstić information content (AvgIpc) is 2.42. The number of aryl methyl sites for hydroxylation is 1. The minimum Gasteiger partial charge on any atom is -0.496 e. The summed E-state index contributed by atoms with van der Waals surface area (Å²) in [6.45, 7) is 6.25. The molecule has 21 heavy (non-hydrogen) atoms. The molecule has 1 atom stereocenters. The molecular weight excluding hydrogens is 266 g/mol. The van der Waals surface area contributed by atoms with Crippen LogP contribution in [0.5, 0.6) is 5.75 Å². The lowest BCUT2D eigenvalue weighted by atomic mass is 9.83. The normalized spacial score (nSPS) is 17.8. The molecular formula is C17H25NO3. The van der Waals surface area contributed by atoms with Crippen molar-refractivity contribution in [2.45, 2.75) is 45.6 Å². The lowest BCUT2D eigenvalue weighted by Crippen LogP contribution is -2.36. The lowest BCUT2D eigenvalue weighted by Gasteiger charge is -2.27. The zero-order valence-electron chi connectivity index (χ0n) is 13.4. The summed E-state index contributed by atoms with van der Waals surface area (Å²) in [5.41, 5.74) is 2.19. The number of amides is 1. The maximum atomic E-state index is 11.7. The monoisotopic (exact) mass is 291 g/mol. The van der Waals surface area contributed by atoms with E-state index in [1.54, 1.807) is 7.11 Å². The van der Waals surface area contributed by atoms with Gasteiger partial charge in [0, 0.05) is 6.54 Å². The van der Waals surface area contributed by atoms with Crippen LogP contribution in [0.3, 0.4) is 0 Å². The van der Waals surface area contributed by atoms with Crippen molar-refractivity contribution in [3.05, 3.63) is 29.3 Å². The van der Waals surface area contributed by atoms with E-state index in [0.717, 1.165) is 25.0 Å². The lowest BCUT2D eigenvalue weighted by molar-refractivity contribution is 0.0518. The first-order valence-corrected chi connectivity index (χ1v) is 7.50. The smallest absolute Gasteiger partial charge is 0.407 e. The van der Waals surface area contributed by atoms with Crippen molar-refractivity contribution < 1.29 is 14.3 Å². The fraction of sp³-hybridized carbons (Fsp3) is 0.588. The number of fused-ring (bicyclic) bond motifs is 1. The van der Waals surface area contributed by atoms with Crippen LogP contribution in [0.2, 0.25) is 0 Å². The molecule has 4 heteroatoms. The van der Waals surface area contributed by atoms with Crippen LogP contribution in [0.15, 0.2) is 18.2 Å². The minimum absolute atomic E-state index is 0.340. The fourth-order valence-electron chi connectivity index (χ4n) is 2.73. The van der Waals surface area contributed by atoms with E-state index in [-0.39, 0.29) is 6.09 Å². The average molecular weight is 291 g/mol. The Morgan fingerprint density at radius 1 is 1.38 bits per heavy atom. The second-order valence-electron chi connectivity index (χ2n) is 6.59. The Bertz CT molecular complexity index is 491. The molecule has 0 bridgehead atoms. The van der Waals surface area contributed by atoms with Gasteiger partial charge in [0.2, 0.25) is 0 Å². The van der Waals surface area contributed by atoms with Gasteiger partial charge in [0.25, 0.3) is 0 Å². The number of ether oxygens (including phenoxy) is 2. The minimum atomic E-state index is -0.452. The Hall–Kier alpha value is -1.71. The van der Waals surface area contributed by atoms with Gasteiger partial charge in [-0.15, -0.1) is 0 Å². The van der Waals surface area contributed by atoms with Gasteiger partial charge in [-0.05, 0) is 63.1 Å². The fourth-order valence-corrected chi connectivity index (χ4v) is 2.73. The van der Waals surface area contributed by atoms with Crippen molar-refractivity contribution in [3.8, 4) is 5.75 Å². The maximum Gasteiger partial charge on any atom is 0.407 e. The van der Waals surface area contributed by atoms with E-state index in [1.807, 2.05) is 32.9 Å². The number of nitrogens with one attached hydrogen (secondary N) is 1. The molecule has 0 spiro atoms. The van der Waals surface area contributed by atoms with Crippen LogP contribution in [0.4, 0.5) is 4.79 Å². The van der Waals surface area contributed by atoms with E-state index in [0.29, 0.717) is 12.5 Å². The highest BCUT2D eigenvalue weighted by atomic mass is 16.6. The van der Waals surface area contributed by atoms with Crippen LogP contribution < -0.4 is 10.1 Å². The molecule has 0 aliphatic heterocycles. The Morgan fingerprint density at radius 2 is 2.14 bits per heavy atom. The predicted octanol–water partition coefficient (Wildman–Crippen LogP) is 3.32. The summed E-state index contributed by atoms with van der Waals surface area (Å²) in [5.74, 6) is 1.38. The summed E-state index contributed by atoms with van der Waals surface area (Å²) in [4.78, 5) is 11.7. The van der Waals surface area contributed by atoms with E-state index >= 15 is 0 Å². The number of rotatable bonds is 3. The van der Waals surface area contributed by atoms with Gasteiger partial charge in [-0.25, -0.2) is 4.79 Å². The van der Waals surface area contributed by atoms with Crippen LogP contribution >= 0.6 is 0 Å². The topological polar surface area (TPSA) is 47.6 Å². The molecule has 1 unspecified atom stereocenters. The Kier molecular flexibility index (Phi) is 4.76. The molecule has 1 aliphatic carbocycles. The number of hydrogen-bond donors (Lipinski definition) is 1. The summed E-state index contributed by atoms with van der Waals surface area (Å²) in [7, 11) is 1.71. The molecule has 1 aromatic carbocycles. The van der Waals surface area contributed by atoms with Gasteiger partial charge in [0.1, 0.15) is 11.4 Å². The van der Waals surface area contributed by atoms with Crippen LogP contribution in [0, 0.1) is 5.92 Å². The zero-order chi connectivity index (χ0) is 15.5. The van der Waals surface area contributed by atoms with Crippen molar-refractivity contribution in [3.63, 3.8) is 0 Å². The molecule has 0 saturated carbocycles. The first-order chi connectivity index (χ1) is 9.89. The van der Waals surface area contributed by atoms with E-state index < -0.39 is 5.60 Å². The van der Waals surface area contributed by atoms with Gasteiger partial charge in [-0.2, -0.15) is 0 Å². The number of benzene rings is 1. The third kappa shape index (κ3) is 4.38. The number of alkyl carbamates (subject to hydrolysis) is 1. The van der Waals surface area contributed by atoms with Crippen LogP contribution in [-0.4, -0.2) is 25.3 Å². The molecule has 4 nitrogen and oxygen atoms in total. The van der Waals surface area contributed by atoms with Crippen molar-refractivity contribution in [1.29, 1.82) is 0 Å². The van der Waals surface area contributed by atoms with Crippen LogP contribution in [0.1, 0.15) is 38.3 Å². The Labute approximate surface area is 126 Å². The molecule has 0 aromatic heterocycles. The maximum absolute atomic E-state index is 11.7. The van der Waals surface area contributed by atoms with Gasteiger partial charge >= 0.3 is 6.09 Å². The molecule has 116 valence electrons. The van der Waals surface area contributed by atoms with E-state index in [9.17, 15) is 4.79 Å². The highest BCUT2D eigenvalue weighted by Gasteiger charge is 2.23. The molecule has 1 N–H and O–H groups in total. The third-order valence-electron chi connectivity index (χ3n) is 3.70. The number of carbonyl (C=O) groups excluding carboxylic acids is 1. The Morgan fingerprint density at radius 3 is 2.81 bits per heavy atom. The zero-order valence-corrected chi connectivity index (χ0v) is 13.4. The van der Waals surface area contributed by atoms with Gasteiger partial charge in [0.15, 0.2) is 0 Å².